The van der Waals surface area contributed by atoms with Crippen molar-refractivity contribution in [2.45, 2.75) is 51.5 Å². The second kappa shape index (κ2) is 11.4. The van der Waals surface area contributed by atoms with Crippen LogP contribution in [-0.4, -0.2) is 43.0 Å². The van der Waals surface area contributed by atoms with Gasteiger partial charge in [-0.25, -0.2) is 0 Å². The van der Waals surface area contributed by atoms with Crippen molar-refractivity contribution in [3.05, 3.63) is 54.1 Å². The van der Waals surface area contributed by atoms with Crippen molar-refractivity contribution >= 4 is 17.5 Å². The Morgan fingerprint density at radius 2 is 1.77 bits per heavy atom. The molecule has 6 heteroatoms. The second-order valence-corrected chi connectivity index (χ2v) is 7.86. The summed E-state index contributed by atoms with van der Waals surface area (Å²) in [4.78, 5) is 26.9. The minimum absolute atomic E-state index is 0.0717. The third kappa shape index (κ3) is 7.02. The van der Waals surface area contributed by atoms with E-state index in [-0.39, 0.29) is 30.9 Å². The number of nitrogens with one attached hydrogen (secondary N) is 1. The van der Waals surface area contributed by atoms with Crippen LogP contribution < -0.4 is 14.8 Å². The molecule has 1 N–H and O–H groups in total. The van der Waals surface area contributed by atoms with E-state index in [1.165, 1.54) is 12.0 Å². The van der Waals surface area contributed by atoms with Crippen molar-refractivity contribution in [1.29, 1.82) is 0 Å². The fraction of sp³-hybridized carbons (Fsp3) is 0.440. The lowest BCUT2D eigenvalue weighted by Gasteiger charge is -2.22. The summed E-state index contributed by atoms with van der Waals surface area (Å²) in [6.45, 7) is 2.49. The molecular formula is C25H32N2O4. The van der Waals surface area contributed by atoms with Crippen LogP contribution in [-0.2, 0) is 16.0 Å². The van der Waals surface area contributed by atoms with Crippen LogP contribution in [0.2, 0.25) is 0 Å². The van der Waals surface area contributed by atoms with Gasteiger partial charge in [0.2, 0.25) is 5.91 Å². The van der Waals surface area contributed by atoms with Gasteiger partial charge in [0.25, 0.3) is 5.91 Å². The Bertz CT molecular complexity index is 862. The summed E-state index contributed by atoms with van der Waals surface area (Å²) in [5.74, 6) is 0.925. The summed E-state index contributed by atoms with van der Waals surface area (Å²) >= 11 is 0. The van der Waals surface area contributed by atoms with E-state index in [0.717, 1.165) is 31.4 Å². The van der Waals surface area contributed by atoms with Gasteiger partial charge in [0, 0.05) is 24.7 Å². The monoisotopic (exact) mass is 424 g/mol. The molecule has 0 atom stereocenters. The van der Waals surface area contributed by atoms with Gasteiger partial charge in [-0.2, -0.15) is 0 Å². The summed E-state index contributed by atoms with van der Waals surface area (Å²) in [7, 11) is 1.57. The number of anilines is 1. The molecule has 2 amide bonds. The lowest BCUT2D eigenvalue weighted by molar-refractivity contribution is -0.134. The predicted octanol–water partition coefficient (Wildman–Crippen LogP) is 4.44. The molecule has 1 fully saturated rings. The molecule has 0 radical (unpaired) electrons. The maximum Gasteiger partial charge on any atom is 0.260 e. The number of methoxy groups -OCH3 is 1. The van der Waals surface area contributed by atoms with Gasteiger partial charge < -0.3 is 19.7 Å². The van der Waals surface area contributed by atoms with E-state index in [2.05, 4.69) is 24.4 Å². The first-order valence-electron chi connectivity index (χ1n) is 11.0. The van der Waals surface area contributed by atoms with Crippen LogP contribution in [0.1, 0.15) is 44.6 Å². The third-order valence-corrected chi connectivity index (χ3v) is 5.36. The summed E-state index contributed by atoms with van der Waals surface area (Å²) in [5, 5.41) is 2.93. The van der Waals surface area contributed by atoms with Crippen molar-refractivity contribution in [3.8, 4) is 11.5 Å². The molecule has 1 saturated carbocycles. The van der Waals surface area contributed by atoms with Crippen LogP contribution >= 0.6 is 0 Å². The van der Waals surface area contributed by atoms with Crippen LogP contribution in [0.3, 0.4) is 0 Å². The van der Waals surface area contributed by atoms with E-state index in [4.69, 9.17) is 9.47 Å². The normalized spacial score (nSPS) is 12.8. The van der Waals surface area contributed by atoms with Crippen molar-refractivity contribution in [2.24, 2.45) is 0 Å². The molecule has 0 unspecified atom stereocenters. The fourth-order valence-electron chi connectivity index (χ4n) is 3.44. The zero-order valence-electron chi connectivity index (χ0n) is 18.4. The van der Waals surface area contributed by atoms with Gasteiger partial charge in [0.1, 0.15) is 0 Å². The summed E-state index contributed by atoms with van der Waals surface area (Å²) < 4.78 is 10.9. The van der Waals surface area contributed by atoms with Gasteiger partial charge >= 0.3 is 0 Å². The Kier molecular flexibility index (Phi) is 8.33. The summed E-state index contributed by atoms with van der Waals surface area (Å²) in [5.41, 5.74) is 2.06. The van der Waals surface area contributed by atoms with Crippen LogP contribution in [0, 0.1) is 0 Å². The number of ether oxygens (including phenoxy) is 2. The number of carbonyl (C=O) groups is 2. The highest BCUT2D eigenvalue weighted by molar-refractivity contribution is 5.91. The lowest BCUT2D eigenvalue weighted by atomic mass is 10.1. The number of aryl methyl sites for hydroxylation is 1. The quantitative estimate of drug-likeness (QED) is 0.547. The average Bonchev–Trinajstić information content (AvgIpc) is 3.62. The minimum Gasteiger partial charge on any atom is -0.493 e. The maximum absolute atomic E-state index is 12.7. The van der Waals surface area contributed by atoms with Crippen LogP contribution in [0.25, 0.3) is 0 Å². The number of benzene rings is 2. The topological polar surface area (TPSA) is 67.9 Å². The number of hydrogen-bond acceptors (Lipinski definition) is 4. The molecule has 1 aliphatic carbocycles. The van der Waals surface area contributed by atoms with E-state index in [9.17, 15) is 9.59 Å². The maximum atomic E-state index is 12.7. The molecule has 6 nitrogen and oxygen atoms in total. The van der Waals surface area contributed by atoms with Crippen molar-refractivity contribution in [1.82, 2.24) is 4.90 Å². The van der Waals surface area contributed by atoms with E-state index in [0.29, 0.717) is 18.0 Å². The number of nitrogens with zero attached hydrogens (tertiary/aromatic N) is 1. The molecule has 0 aliphatic heterocycles. The second-order valence-electron chi connectivity index (χ2n) is 7.86. The number of rotatable bonds is 12. The van der Waals surface area contributed by atoms with E-state index < -0.39 is 0 Å². The zero-order chi connectivity index (χ0) is 22.1. The van der Waals surface area contributed by atoms with Gasteiger partial charge in [-0.1, -0.05) is 37.6 Å². The molecule has 0 spiro atoms. The first-order valence-corrected chi connectivity index (χ1v) is 11.0. The molecule has 3 rings (SSSR count). The SMILES string of the molecule is CCCCc1ccc(NC(=O)CCN(C(=O)COc2ccccc2OC)C2CC2)cc1. The Morgan fingerprint density at radius 1 is 1.06 bits per heavy atom. The van der Waals surface area contributed by atoms with E-state index >= 15 is 0 Å². The Balaban J connectivity index is 1.47. The van der Waals surface area contributed by atoms with Gasteiger partial charge in [-0.3, -0.25) is 9.59 Å². The van der Waals surface area contributed by atoms with Gasteiger partial charge in [-0.05, 0) is 55.5 Å². The third-order valence-electron chi connectivity index (χ3n) is 5.36. The molecule has 2 aromatic carbocycles. The van der Waals surface area contributed by atoms with E-state index in [1.54, 1.807) is 24.1 Å². The molecule has 166 valence electrons. The first kappa shape index (κ1) is 22.7. The average molecular weight is 425 g/mol. The highest BCUT2D eigenvalue weighted by atomic mass is 16.5. The molecule has 2 aromatic rings. The van der Waals surface area contributed by atoms with Gasteiger partial charge in [0.15, 0.2) is 18.1 Å². The summed E-state index contributed by atoms with van der Waals surface area (Å²) in [6, 6.07) is 15.4. The Labute approximate surface area is 184 Å². The molecule has 0 heterocycles. The van der Waals surface area contributed by atoms with Gasteiger partial charge in [0.05, 0.1) is 7.11 Å². The number of unbranched alkanes of at least 4 members (excludes halogenated alkanes) is 1. The minimum atomic E-state index is -0.110. The molecule has 0 saturated heterocycles. The van der Waals surface area contributed by atoms with Crippen LogP contribution in [0.4, 0.5) is 5.69 Å². The number of hydrogen-bond donors (Lipinski definition) is 1. The standard InChI is InChI=1S/C25H32N2O4/c1-3-4-7-19-10-12-20(13-11-19)26-24(28)16-17-27(21-14-15-21)25(29)18-31-23-9-6-5-8-22(23)30-2/h5-6,8-13,21H,3-4,7,14-18H2,1-2H3,(H,26,28). The zero-order valence-corrected chi connectivity index (χ0v) is 18.4. The Morgan fingerprint density at radius 3 is 2.42 bits per heavy atom. The number of para-hydroxylation sites is 2. The summed E-state index contributed by atoms with van der Waals surface area (Å²) in [6.07, 6.45) is 5.59. The first-order chi connectivity index (χ1) is 15.1. The van der Waals surface area contributed by atoms with Crippen LogP contribution in [0.15, 0.2) is 48.5 Å². The number of carbonyl (C=O) groups excluding carboxylic acids is 2. The van der Waals surface area contributed by atoms with Crippen molar-refractivity contribution < 1.29 is 19.1 Å². The predicted molar refractivity (Wildman–Crippen MR) is 122 cm³/mol. The number of amides is 2. The fourth-order valence-corrected chi connectivity index (χ4v) is 3.44. The van der Waals surface area contributed by atoms with Crippen molar-refractivity contribution in [2.75, 3.05) is 25.6 Å². The van der Waals surface area contributed by atoms with E-state index in [1.807, 2.05) is 24.3 Å². The smallest absolute Gasteiger partial charge is 0.260 e. The Hall–Kier alpha value is -3.02. The molecule has 0 bridgehead atoms. The molecule has 1 aliphatic rings. The highest BCUT2D eigenvalue weighted by Gasteiger charge is 2.32. The largest absolute Gasteiger partial charge is 0.493 e. The van der Waals surface area contributed by atoms with Crippen LogP contribution in [0.5, 0.6) is 11.5 Å². The molecule has 31 heavy (non-hydrogen) atoms. The van der Waals surface area contributed by atoms with Gasteiger partial charge in [-0.15, -0.1) is 0 Å². The van der Waals surface area contributed by atoms with Crippen molar-refractivity contribution in [3.63, 3.8) is 0 Å². The highest BCUT2D eigenvalue weighted by Crippen LogP contribution is 2.29. The molecule has 0 aromatic heterocycles. The lowest BCUT2D eigenvalue weighted by Crippen LogP contribution is -2.38. The molecular weight excluding hydrogens is 392 g/mol.